The van der Waals surface area contributed by atoms with Crippen molar-refractivity contribution < 1.29 is 0 Å². The highest BCUT2D eigenvalue weighted by molar-refractivity contribution is 7.78. The number of rotatable bonds is 4. The molecule has 5 heteroatoms. The lowest BCUT2D eigenvalue weighted by Gasteiger charge is -2.22. The van der Waals surface area contributed by atoms with Crippen LogP contribution in [-0.4, -0.2) is 18.3 Å². The van der Waals surface area contributed by atoms with Gasteiger partial charge in [0.2, 0.25) is 0 Å². The van der Waals surface area contributed by atoms with E-state index in [1.165, 1.54) is 0 Å². The maximum absolute atomic E-state index is 6.17. The molecule has 0 bridgehead atoms. The van der Waals surface area contributed by atoms with Gasteiger partial charge in [0, 0.05) is 13.1 Å². The lowest BCUT2D eigenvalue weighted by molar-refractivity contribution is 0.866. The summed E-state index contributed by atoms with van der Waals surface area (Å²) in [6.45, 7) is 5.89. The minimum atomic E-state index is 0.531. The van der Waals surface area contributed by atoms with Crippen LogP contribution in [0, 0.1) is 0 Å². The standard InChI is InChI=1S/C11H12Cl2N2S/c1-3-15(4-2)11-6-8(12)10(14-7-16)5-9(11)13/h5-6H,3-4H2,1-2H3. The zero-order valence-electron chi connectivity index (χ0n) is 9.13. The van der Waals surface area contributed by atoms with E-state index in [-0.39, 0.29) is 0 Å². The monoisotopic (exact) mass is 274 g/mol. The van der Waals surface area contributed by atoms with Crippen LogP contribution in [0.1, 0.15) is 13.8 Å². The van der Waals surface area contributed by atoms with Gasteiger partial charge in [-0.2, -0.15) is 4.99 Å². The second-order valence-electron chi connectivity index (χ2n) is 3.13. The molecule has 1 aromatic carbocycles. The molecule has 0 saturated carbocycles. The van der Waals surface area contributed by atoms with Crippen molar-refractivity contribution in [3.8, 4) is 0 Å². The normalized spacial score (nSPS) is 9.75. The van der Waals surface area contributed by atoms with Crippen molar-refractivity contribution in [2.45, 2.75) is 13.8 Å². The molecule has 0 aromatic heterocycles. The Hall–Kier alpha value is -0.600. The topological polar surface area (TPSA) is 15.6 Å². The lowest BCUT2D eigenvalue weighted by atomic mass is 10.2. The first kappa shape index (κ1) is 13.5. The smallest absolute Gasteiger partial charge is 0.0942 e. The van der Waals surface area contributed by atoms with Crippen LogP contribution >= 0.6 is 35.4 Å². The van der Waals surface area contributed by atoms with Gasteiger partial charge in [0.15, 0.2) is 0 Å². The van der Waals surface area contributed by atoms with E-state index < -0.39 is 0 Å². The third-order valence-electron chi connectivity index (χ3n) is 2.29. The summed E-state index contributed by atoms with van der Waals surface area (Å²) in [5.74, 6) is 0. The number of anilines is 1. The Bertz CT molecular complexity index is 424. The van der Waals surface area contributed by atoms with E-state index >= 15 is 0 Å². The average Bonchev–Trinajstić information content (AvgIpc) is 2.26. The van der Waals surface area contributed by atoms with Gasteiger partial charge in [0.25, 0.3) is 0 Å². The molecule has 0 aliphatic rings. The number of halogens is 2. The van der Waals surface area contributed by atoms with Gasteiger partial charge in [0.1, 0.15) is 0 Å². The first-order valence-electron chi connectivity index (χ1n) is 4.95. The summed E-state index contributed by atoms with van der Waals surface area (Å²) in [4.78, 5) is 5.97. The third kappa shape index (κ3) is 2.96. The van der Waals surface area contributed by atoms with E-state index in [0.717, 1.165) is 18.8 Å². The molecular formula is C11H12Cl2N2S. The minimum absolute atomic E-state index is 0.531. The van der Waals surface area contributed by atoms with Crippen LogP contribution in [0.15, 0.2) is 17.1 Å². The van der Waals surface area contributed by atoms with Gasteiger partial charge in [-0.05, 0) is 38.2 Å². The molecule has 16 heavy (non-hydrogen) atoms. The van der Waals surface area contributed by atoms with Crippen LogP contribution < -0.4 is 4.90 Å². The van der Waals surface area contributed by atoms with Crippen LogP contribution in [-0.2, 0) is 0 Å². The first-order chi connectivity index (χ1) is 7.63. The largest absolute Gasteiger partial charge is 0.371 e. The van der Waals surface area contributed by atoms with Crippen molar-refractivity contribution in [3.05, 3.63) is 22.2 Å². The number of nitrogens with zero attached hydrogens (tertiary/aromatic N) is 2. The summed E-state index contributed by atoms with van der Waals surface area (Å²) in [6, 6.07) is 3.51. The SMILES string of the molecule is CCN(CC)c1cc(Cl)c(N=C=S)cc1Cl. The van der Waals surface area contributed by atoms with Gasteiger partial charge in [-0.1, -0.05) is 23.2 Å². The highest BCUT2D eigenvalue weighted by Crippen LogP contribution is 2.36. The minimum Gasteiger partial charge on any atom is -0.371 e. The van der Waals surface area contributed by atoms with Gasteiger partial charge >= 0.3 is 0 Å². The molecular weight excluding hydrogens is 263 g/mol. The van der Waals surface area contributed by atoms with Crippen LogP contribution in [0.4, 0.5) is 11.4 Å². The van der Waals surface area contributed by atoms with Gasteiger partial charge < -0.3 is 4.90 Å². The highest BCUT2D eigenvalue weighted by Gasteiger charge is 2.10. The lowest BCUT2D eigenvalue weighted by Crippen LogP contribution is -2.22. The summed E-state index contributed by atoms with van der Waals surface area (Å²) in [5.41, 5.74) is 1.47. The first-order valence-corrected chi connectivity index (χ1v) is 6.12. The molecule has 0 aliphatic carbocycles. The van der Waals surface area contributed by atoms with E-state index in [0.29, 0.717) is 15.7 Å². The molecule has 0 amide bonds. The molecule has 86 valence electrons. The molecule has 1 rings (SSSR count). The Balaban J connectivity index is 3.24. The maximum atomic E-state index is 6.17. The summed E-state index contributed by atoms with van der Waals surface area (Å²) < 4.78 is 0. The van der Waals surface area contributed by atoms with Crippen molar-refractivity contribution in [1.29, 1.82) is 0 Å². The Kier molecular flexibility index (Phi) is 5.23. The summed E-state index contributed by atoms with van der Waals surface area (Å²) in [5, 5.41) is 3.43. The van der Waals surface area contributed by atoms with E-state index in [1.54, 1.807) is 6.07 Å². The number of isothiocyanates is 1. The molecule has 0 fully saturated rings. The Morgan fingerprint density at radius 2 is 1.88 bits per heavy atom. The van der Waals surface area contributed by atoms with Crippen molar-refractivity contribution in [1.82, 2.24) is 0 Å². The number of aliphatic imine (C=N–C) groups is 1. The van der Waals surface area contributed by atoms with Crippen molar-refractivity contribution in [2.24, 2.45) is 4.99 Å². The Morgan fingerprint density at radius 1 is 1.25 bits per heavy atom. The summed E-state index contributed by atoms with van der Waals surface area (Å²) in [6.07, 6.45) is 0. The molecule has 0 saturated heterocycles. The molecule has 2 nitrogen and oxygen atoms in total. The van der Waals surface area contributed by atoms with Crippen molar-refractivity contribution in [2.75, 3.05) is 18.0 Å². The zero-order chi connectivity index (χ0) is 12.1. The molecule has 0 radical (unpaired) electrons. The summed E-state index contributed by atoms with van der Waals surface area (Å²) >= 11 is 16.8. The highest BCUT2D eigenvalue weighted by atomic mass is 35.5. The predicted octanol–water partition coefficient (Wildman–Crippen LogP) is 4.57. The zero-order valence-corrected chi connectivity index (χ0v) is 11.5. The quantitative estimate of drug-likeness (QED) is 0.590. The molecule has 1 aromatic rings. The maximum Gasteiger partial charge on any atom is 0.0942 e. The van der Waals surface area contributed by atoms with E-state index in [4.69, 9.17) is 23.2 Å². The van der Waals surface area contributed by atoms with Crippen LogP contribution in [0.5, 0.6) is 0 Å². The number of hydrogen-bond donors (Lipinski definition) is 0. The van der Waals surface area contributed by atoms with Gasteiger partial charge in [-0.3, -0.25) is 0 Å². The van der Waals surface area contributed by atoms with Crippen LogP contribution in [0.2, 0.25) is 10.0 Å². The fourth-order valence-electron chi connectivity index (χ4n) is 1.47. The third-order valence-corrected chi connectivity index (χ3v) is 2.98. The molecule has 0 N–H and O–H groups in total. The van der Waals surface area contributed by atoms with E-state index in [2.05, 4.69) is 41.1 Å². The van der Waals surface area contributed by atoms with Gasteiger partial charge in [0.05, 0.1) is 26.6 Å². The van der Waals surface area contributed by atoms with Crippen molar-refractivity contribution >= 4 is 52.0 Å². The Morgan fingerprint density at radius 3 is 2.38 bits per heavy atom. The average molecular weight is 275 g/mol. The molecule has 0 unspecified atom stereocenters. The Labute approximate surface area is 111 Å². The van der Waals surface area contributed by atoms with Crippen LogP contribution in [0.25, 0.3) is 0 Å². The number of benzene rings is 1. The second-order valence-corrected chi connectivity index (χ2v) is 4.13. The molecule has 0 aliphatic heterocycles. The van der Waals surface area contributed by atoms with Gasteiger partial charge in [-0.25, -0.2) is 0 Å². The molecule has 0 atom stereocenters. The fourth-order valence-corrected chi connectivity index (χ4v) is 2.04. The molecule has 0 heterocycles. The van der Waals surface area contributed by atoms with E-state index in [9.17, 15) is 0 Å². The summed E-state index contributed by atoms with van der Waals surface area (Å²) in [7, 11) is 0. The number of hydrogen-bond acceptors (Lipinski definition) is 3. The fraction of sp³-hybridized carbons (Fsp3) is 0.364. The second kappa shape index (κ2) is 6.21. The van der Waals surface area contributed by atoms with Gasteiger partial charge in [-0.15, -0.1) is 0 Å². The van der Waals surface area contributed by atoms with Crippen LogP contribution in [0.3, 0.4) is 0 Å². The predicted molar refractivity (Wildman–Crippen MR) is 74.7 cm³/mol. The number of thiocarbonyl (C=S) groups is 1. The molecule has 0 spiro atoms. The van der Waals surface area contributed by atoms with Crippen molar-refractivity contribution in [3.63, 3.8) is 0 Å². The van der Waals surface area contributed by atoms with E-state index in [1.807, 2.05) is 6.07 Å².